The monoisotopic (exact) mass is 177 g/mol. The van der Waals surface area contributed by atoms with Crippen molar-refractivity contribution in [3.63, 3.8) is 0 Å². The van der Waals surface area contributed by atoms with Gasteiger partial charge in [-0.25, -0.2) is 0 Å². The van der Waals surface area contributed by atoms with Crippen molar-refractivity contribution in [1.29, 1.82) is 0 Å². The van der Waals surface area contributed by atoms with Gasteiger partial charge in [0.25, 0.3) is 0 Å². The molecule has 1 nitrogen and oxygen atoms in total. The van der Waals surface area contributed by atoms with E-state index in [-0.39, 0.29) is 0 Å². The molecule has 0 aromatic heterocycles. The summed E-state index contributed by atoms with van der Waals surface area (Å²) in [5, 5.41) is 0. The van der Waals surface area contributed by atoms with Crippen LogP contribution in [0.4, 0.5) is 0 Å². The van der Waals surface area contributed by atoms with E-state index in [1.807, 2.05) is 6.92 Å². The summed E-state index contributed by atoms with van der Waals surface area (Å²) in [5.74, 6) is 0.665. The van der Waals surface area contributed by atoms with Crippen LogP contribution in [0.2, 0.25) is 0 Å². The van der Waals surface area contributed by atoms with E-state index in [1.54, 1.807) is 0 Å². The third kappa shape index (κ3) is 2.24. The second-order valence-corrected chi connectivity index (χ2v) is 3.78. The van der Waals surface area contributed by atoms with Gasteiger partial charge in [0.15, 0.2) is 0 Å². The average Bonchev–Trinajstić information content (AvgIpc) is 2.04. The second-order valence-electron chi connectivity index (χ2n) is 3.78. The zero-order chi connectivity index (χ0) is 9.84. The fraction of sp³-hybridized carbons (Fsp3) is 0.500. The Morgan fingerprint density at radius 1 is 1.62 bits per heavy atom. The predicted octanol–water partition coefficient (Wildman–Crippen LogP) is 2.97. The molecule has 72 valence electrons. The second kappa shape index (κ2) is 4.31. The molecular formula is C12H19N. The summed E-state index contributed by atoms with van der Waals surface area (Å²) in [4.78, 5) is 2.25. The molecule has 0 amide bonds. The molecule has 0 spiro atoms. The minimum absolute atomic E-state index is 0.473. The van der Waals surface area contributed by atoms with Crippen molar-refractivity contribution in [2.75, 3.05) is 7.05 Å². The van der Waals surface area contributed by atoms with Crippen molar-refractivity contribution < 1.29 is 0 Å². The normalized spacial score (nSPS) is 28.4. The average molecular weight is 177 g/mol. The van der Waals surface area contributed by atoms with Crippen LogP contribution in [0.25, 0.3) is 0 Å². The molecule has 0 aromatic carbocycles. The van der Waals surface area contributed by atoms with E-state index in [0.717, 1.165) is 6.42 Å². The van der Waals surface area contributed by atoms with Gasteiger partial charge < -0.3 is 4.90 Å². The number of likely N-dealkylation sites (N-methyl/N-ethyl adjacent to an activating group) is 1. The molecule has 0 aliphatic heterocycles. The highest BCUT2D eigenvalue weighted by atomic mass is 15.1. The Kier molecular flexibility index (Phi) is 3.35. The van der Waals surface area contributed by atoms with Gasteiger partial charge in [-0.15, -0.1) is 0 Å². The van der Waals surface area contributed by atoms with Crippen molar-refractivity contribution in [3.05, 3.63) is 36.6 Å². The lowest BCUT2D eigenvalue weighted by Crippen LogP contribution is -2.35. The molecule has 1 heteroatoms. The van der Waals surface area contributed by atoms with E-state index in [2.05, 4.69) is 49.9 Å². The zero-order valence-corrected chi connectivity index (χ0v) is 8.83. The molecule has 1 aliphatic rings. The Balaban J connectivity index is 2.76. The van der Waals surface area contributed by atoms with Crippen LogP contribution in [0.1, 0.15) is 20.3 Å². The van der Waals surface area contributed by atoms with Gasteiger partial charge in [0.2, 0.25) is 0 Å². The minimum atomic E-state index is 0.473. The SMILES string of the molecule is C=C1C=CCC(C)C1N(C)/C=C\C. The summed E-state index contributed by atoms with van der Waals surface area (Å²) >= 11 is 0. The lowest BCUT2D eigenvalue weighted by atomic mass is 9.87. The summed E-state index contributed by atoms with van der Waals surface area (Å²) in [6.45, 7) is 8.41. The Hall–Kier alpha value is -0.980. The van der Waals surface area contributed by atoms with Gasteiger partial charge in [0.05, 0.1) is 6.04 Å². The van der Waals surface area contributed by atoms with E-state index in [9.17, 15) is 0 Å². The van der Waals surface area contributed by atoms with E-state index >= 15 is 0 Å². The summed E-state index contributed by atoms with van der Waals surface area (Å²) in [7, 11) is 2.12. The maximum atomic E-state index is 4.09. The van der Waals surface area contributed by atoms with Gasteiger partial charge in [-0.3, -0.25) is 0 Å². The Bertz CT molecular complexity index is 238. The smallest absolute Gasteiger partial charge is 0.0556 e. The molecule has 2 unspecified atom stereocenters. The first-order valence-corrected chi connectivity index (χ1v) is 4.87. The van der Waals surface area contributed by atoms with Crippen LogP contribution in [0.5, 0.6) is 0 Å². The molecule has 0 fully saturated rings. The third-order valence-corrected chi connectivity index (χ3v) is 2.58. The molecule has 0 heterocycles. The third-order valence-electron chi connectivity index (χ3n) is 2.58. The summed E-state index contributed by atoms with van der Waals surface area (Å²) < 4.78 is 0. The molecule has 0 aromatic rings. The van der Waals surface area contributed by atoms with Crippen LogP contribution in [0.3, 0.4) is 0 Å². The molecule has 0 bridgehead atoms. The first-order valence-electron chi connectivity index (χ1n) is 4.87. The summed E-state index contributed by atoms with van der Waals surface area (Å²) in [5.41, 5.74) is 1.22. The largest absolute Gasteiger partial charge is 0.373 e. The molecule has 0 N–H and O–H groups in total. The summed E-state index contributed by atoms with van der Waals surface area (Å²) in [6.07, 6.45) is 9.70. The van der Waals surface area contributed by atoms with E-state index < -0.39 is 0 Å². The maximum absolute atomic E-state index is 4.09. The standard InChI is InChI=1S/C12H19N/c1-5-9-13(4)12-10(2)7-6-8-11(12)3/h5-7,9,11-12H,2,8H2,1,3-4H3/b9-5-. The number of nitrogens with zero attached hydrogens (tertiary/aromatic N) is 1. The van der Waals surface area contributed by atoms with Crippen LogP contribution < -0.4 is 0 Å². The lowest BCUT2D eigenvalue weighted by Gasteiger charge is -2.34. The van der Waals surface area contributed by atoms with Crippen molar-refractivity contribution in [1.82, 2.24) is 4.90 Å². The first kappa shape index (κ1) is 10.1. The van der Waals surface area contributed by atoms with E-state index in [4.69, 9.17) is 0 Å². The molecule has 2 atom stereocenters. The molecule has 13 heavy (non-hydrogen) atoms. The predicted molar refractivity (Wildman–Crippen MR) is 58.4 cm³/mol. The first-order chi connectivity index (χ1) is 6.16. The molecule has 0 saturated heterocycles. The van der Waals surface area contributed by atoms with E-state index in [1.165, 1.54) is 5.57 Å². The van der Waals surface area contributed by atoms with Gasteiger partial charge in [-0.2, -0.15) is 0 Å². The maximum Gasteiger partial charge on any atom is 0.0556 e. The number of rotatable bonds is 2. The topological polar surface area (TPSA) is 3.24 Å². The number of hydrogen-bond donors (Lipinski definition) is 0. The van der Waals surface area contributed by atoms with Crippen LogP contribution >= 0.6 is 0 Å². The highest BCUT2D eigenvalue weighted by Gasteiger charge is 2.23. The highest BCUT2D eigenvalue weighted by molar-refractivity contribution is 5.26. The van der Waals surface area contributed by atoms with Crippen LogP contribution in [-0.4, -0.2) is 18.0 Å². The van der Waals surface area contributed by atoms with Gasteiger partial charge in [-0.05, 0) is 31.0 Å². The van der Waals surface area contributed by atoms with Crippen molar-refractivity contribution >= 4 is 0 Å². The van der Waals surface area contributed by atoms with Gasteiger partial charge in [-0.1, -0.05) is 31.7 Å². The van der Waals surface area contributed by atoms with Gasteiger partial charge in [0, 0.05) is 7.05 Å². The quantitative estimate of drug-likeness (QED) is 0.627. The van der Waals surface area contributed by atoms with Crippen LogP contribution in [0, 0.1) is 5.92 Å². The van der Waals surface area contributed by atoms with Crippen molar-refractivity contribution in [2.24, 2.45) is 5.92 Å². The van der Waals surface area contributed by atoms with Crippen molar-refractivity contribution in [2.45, 2.75) is 26.3 Å². The molecule has 1 aliphatic carbocycles. The zero-order valence-electron chi connectivity index (χ0n) is 8.83. The Morgan fingerprint density at radius 2 is 2.31 bits per heavy atom. The van der Waals surface area contributed by atoms with Crippen molar-refractivity contribution in [3.8, 4) is 0 Å². The minimum Gasteiger partial charge on any atom is -0.373 e. The Labute approximate surface area is 81.4 Å². The fourth-order valence-electron chi connectivity index (χ4n) is 2.02. The molecule has 0 radical (unpaired) electrons. The molecular weight excluding hydrogens is 158 g/mol. The van der Waals surface area contributed by atoms with Crippen LogP contribution in [-0.2, 0) is 0 Å². The molecule has 1 rings (SSSR count). The fourth-order valence-corrected chi connectivity index (χ4v) is 2.02. The van der Waals surface area contributed by atoms with Gasteiger partial charge in [0.1, 0.15) is 0 Å². The number of allylic oxidation sites excluding steroid dienone is 2. The summed E-state index contributed by atoms with van der Waals surface area (Å²) in [6, 6.07) is 0.473. The highest BCUT2D eigenvalue weighted by Crippen LogP contribution is 2.26. The van der Waals surface area contributed by atoms with E-state index in [0.29, 0.717) is 12.0 Å². The lowest BCUT2D eigenvalue weighted by molar-refractivity contribution is 0.282. The van der Waals surface area contributed by atoms with Gasteiger partial charge >= 0.3 is 0 Å². The van der Waals surface area contributed by atoms with Crippen LogP contribution in [0.15, 0.2) is 36.6 Å². The Morgan fingerprint density at radius 3 is 2.85 bits per heavy atom. The number of hydrogen-bond acceptors (Lipinski definition) is 1. The molecule has 0 saturated carbocycles.